The third kappa shape index (κ3) is 5.44. The highest BCUT2D eigenvalue weighted by molar-refractivity contribution is 9.10. The minimum Gasteiger partial charge on any atom is -0.389 e. The van der Waals surface area contributed by atoms with E-state index < -0.39 is 5.60 Å². The Balaban J connectivity index is 2.55. The van der Waals surface area contributed by atoms with E-state index in [0.29, 0.717) is 26.1 Å². The fourth-order valence-electron chi connectivity index (χ4n) is 1.68. The van der Waals surface area contributed by atoms with Crippen LogP contribution in [0.2, 0.25) is 0 Å². The number of ether oxygens (including phenoxy) is 1. The highest BCUT2D eigenvalue weighted by Gasteiger charge is 2.21. The molecule has 0 heterocycles. The van der Waals surface area contributed by atoms with Crippen molar-refractivity contribution in [1.29, 1.82) is 0 Å². The van der Waals surface area contributed by atoms with Crippen molar-refractivity contribution in [2.24, 2.45) is 0 Å². The number of halogens is 2. The van der Waals surface area contributed by atoms with Gasteiger partial charge in [0.1, 0.15) is 5.82 Å². The first-order valence-corrected chi connectivity index (χ1v) is 6.60. The van der Waals surface area contributed by atoms with E-state index in [9.17, 15) is 9.50 Å². The fourth-order valence-corrected chi connectivity index (χ4v) is 2.07. The quantitative estimate of drug-likeness (QED) is 0.756. The summed E-state index contributed by atoms with van der Waals surface area (Å²) >= 11 is 3.36. The highest BCUT2D eigenvalue weighted by Crippen LogP contribution is 2.22. The van der Waals surface area contributed by atoms with Crippen LogP contribution in [0.3, 0.4) is 0 Å². The minimum atomic E-state index is -0.927. The molecule has 0 amide bonds. The molecule has 0 spiro atoms. The van der Waals surface area contributed by atoms with Crippen molar-refractivity contribution < 1.29 is 14.2 Å². The lowest BCUT2D eigenvalue weighted by molar-refractivity contribution is 0.0579. The lowest BCUT2D eigenvalue weighted by Gasteiger charge is -2.24. The van der Waals surface area contributed by atoms with Crippen LogP contribution < -0.4 is 5.32 Å². The first-order valence-electron chi connectivity index (χ1n) is 5.80. The Hall–Kier alpha value is -0.490. The maximum Gasteiger partial charge on any atom is 0.123 e. The Labute approximate surface area is 115 Å². The number of rotatable bonds is 7. The summed E-state index contributed by atoms with van der Waals surface area (Å²) in [5, 5.41) is 13.3. The predicted octanol–water partition coefficient (Wildman–Crippen LogP) is 2.12. The van der Waals surface area contributed by atoms with Crippen molar-refractivity contribution in [3.63, 3.8) is 0 Å². The van der Waals surface area contributed by atoms with Gasteiger partial charge in [0.2, 0.25) is 0 Å². The van der Waals surface area contributed by atoms with Gasteiger partial charge >= 0.3 is 0 Å². The molecule has 1 aromatic rings. The maximum atomic E-state index is 13.1. The largest absolute Gasteiger partial charge is 0.389 e. The van der Waals surface area contributed by atoms with E-state index in [0.717, 1.165) is 10.0 Å². The third-order valence-corrected chi connectivity index (χ3v) is 3.34. The average Bonchev–Trinajstić information content (AvgIpc) is 2.29. The Morgan fingerprint density at radius 2 is 2.22 bits per heavy atom. The molecule has 1 rings (SSSR count). The van der Waals surface area contributed by atoms with Gasteiger partial charge in [0.15, 0.2) is 0 Å². The summed E-state index contributed by atoms with van der Waals surface area (Å²) in [6.45, 7) is 3.43. The van der Waals surface area contributed by atoms with Crippen LogP contribution in [0.25, 0.3) is 0 Å². The van der Waals surface area contributed by atoms with E-state index in [4.69, 9.17) is 4.74 Å². The molecule has 0 aromatic heterocycles. The summed E-state index contributed by atoms with van der Waals surface area (Å²) in [5.41, 5.74) is -0.169. The monoisotopic (exact) mass is 319 g/mol. The number of hydrogen-bond acceptors (Lipinski definition) is 3. The van der Waals surface area contributed by atoms with Gasteiger partial charge in [-0.25, -0.2) is 4.39 Å². The molecule has 0 radical (unpaired) electrons. The van der Waals surface area contributed by atoms with Crippen molar-refractivity contribution in [3.8, 4) is 0 Å². The van der Waals surface area contributed by atoms with Crippen molar-refractivity contribution in [2.45, 2.75) is 18.9 Å². The smallest absolute Gasteiger partial charge is 0.123 e. The van der Waals surface area contributed by atoms with Crippen LogP contribution in [0, 0.1) is 5.82 Å². The van der Waals surface area contributed by atoms with E-state index in [-0.39, 0.29) is 5.82 Å². The molecular formula is C13H19BrFNO2. The second-order valence-electron chi connectivity index (χ2n) is 4.58. The lowest BCUT2D eigenvalue weighted by atomic mass is 9.96. The van der Waals surface area contributed by atoms with Crippen LogP contribution in [0.4, 0.5) is 4.39 Å². The molecule has 102 valence electrons. The number of aliphatic hydroxyl groups is 1. The molecule has 0 fully saturated rings. The Kier molecular flexibility index (Phi) is 6.21. The zero-order valence-corrected chi connectivity index (χ0v) is 12.3. The summed E-state index contributed by atoms with van der Waals surface area (Å²) in [5.74, 6) is -0.295. The third-order valence-electron chi connectivity index (χ3n) is 2.57. The van der Waals surface area contributed by atoms with Gasteiger partial charge in [-0.3, -0.25) is 0 Å². The number of benzene rings is 1. The zero-order chi connectivity index (χ0) is 13.6. The fraction of sp³-hybridized carbons (Fsp3) is 0.538. The van der Waals surface area contributed by atoms with Crippen LogP contribution in [-0.2, 0) is 11.2 Å². The second-order valence-corrected chi connectivity index (χ2v) is 5.43. The molecular weight excluding hydrogens is 301 g/mol. The summed E-state index contributed by atoms with van der Waals surface area (Å²) in [6, 6.07) is 4.48. The molecule has 2 N–H and O–H groups in total. The molecule has 0 bridgehead atoms. The molecule has 5 heteroatoms. The SMILES string of the molecule is COCCNCC(C)(O)Cc1cc(F)ccc1Br. The molecule has 1 unspecified atom stereocenters. The van der Waals surface area contributed by atoms with E-state index in [1.54, 1.807) is 20.1 Å². The molecule has 0 saturated heterocycles. The van der Waals surface area contributed by atoms with Gasteiger partial charge in [-0.1, -0.05) is 15.9 Å². The summed E-state index contributed by atoms with van der Waals surface area (Å²) < 4.78 is 18.9. The molecule has 18 heavy (non-hydrogen) atoms. The Morgan fingerprint density at radius 1 is 1.50 bits per heavy atom. The first kappa shape index (κ1) is 15.6. The molecule has 0 aliphatic rings. The minimum absolute atomic E-state index is 0.295. The van der Waals surface area contributed by atoms with Crippen molar-refractivity contribution in [2.75, 3.05) is 26.8 Å². The van der Waals surface area contributed by atoms with Gasteiger partial charge in [0.25, 0.3) is 0 Å². The number of nitrogens with one attached hydrogen (secondary N) is 1. The maximum absolute atomic E-state index is 13.1. The van der Waals surface area contributed by atoms with Gasteiger partial charge in [0.05, 0.1) is 12.2 Å². The van der Waals surface area contributed by atoms with E-state index >= 15 is 0 Å². The number of hydrogen-bond donors (Lipinski definition) is 2. The van der Waals surface area contributed by atoms with Gasteiger partial charge in [-0.05, 0) is 30.7 Å². The first-order chi connectivity index (χ1) is 8.44. The van der Waals surface area contributed by atoms with E-state index in [1.165, 1.54) is 12.1 Å². The Bertz CT molecular complexity index is 385. The second kappa shape index (κ2) is 7.19. The predicted molar refractivity (Wildman–Crippen MR) is 73.2 cm³/mol. The van der Waals surface area contributed by atoms with Gasteiger partial charge < -0.3 is 15.2 Å². The topological polar surface area (TPSA) is 41.5 Å². The van der Waals surface area contributed by atoms with E-state index in [1.807, 2.05) is 0 Å². The molecule has 1 aromatic carbocycles. The highest BCUT2D eigenvalue weighted by atomic mass is 79.9. The summed E-state index contributed by atoms with van der Waals surface area (Å²) in [4.78, 5) is 0. The van der Waals surface area contributed by atoms with Crippen LogP contribution in [-0.4, -0.2) is 37.5 Å². The van der Waals surface area contributed by atoms with Crippen LogP contribution in [0.1, 0.15) is 12.5 Å². The van der Waals surface area contributed by atoms with Crippen molar-refractivity contribution >= 4 is 15.9 Å². The van der Waals surface area contributed by atoms with E-state index in [2.05, 4.69) is 21.2 Å². The number of methoxy groups -OCH3 is 1. The van der Waals surface area contributed by atoms with Gasteiger partial charge in [0, 0.05) is 31.1 Å². The van der Waals surface area contributed by atoms with Gasteiger partial charge in [-0.15, -0.1) is 0 Å². The van der Waals surface area contributed by atoms with Crippen LogP contribution >= 0.6 is 15.9 Å². The molecule has 0 aliphatic heterocycles. The molecule has 0 saturated carbocycles. The Morgan fingerprint density at radius 3 is 2.89 bits per heavy atom. The summed E-state index contributed by atoms with van der Waals surface area (Å²) in [6.07, 6.45) is 0.380. The van der Waals surface area contributed by atoms with Crippen LogP contribution in [0.15, 0.2) is 22.7 Å². The van der Waals surface area contributed by atoms with Gasteiger partial charge in [-0.2, -0.15) is 0 Å². The van der Waals surface area contributed by atoms with Crippen molar-refractivity contribution in [3.05, 3.63) is 34.1 Å². The molecule has 3 nitrogen and oxygen atoms in total. The van der Waals surface area contributed by atoms with Crippen LogP contribution in [0.5, 0.6) is 0 Å². The van der Waals surface area contributed by atoms with Crippen molar-refractivity contribution in [1.82, 2.24) is 5.32 Å². The normalized spacial score (nSPS) is 14.5. The lowest BCUT2D eigenvalue weighted by Crippen LogP contribution is -2.40. The summed E-state index contributed by atoms with van der Waals surface area (Å²) in [7, 11) is 1.63. The molecule has 1 atom stereocenters. The average molecular weight is 320 g/mol. The zero-order valence-electron chi connectivity index (χ0n) is 10.7. The molecule has 0 aliphatic carbocycles. The standard InChI is InChI=1S/C13H19BrFNO2/c1-13(17,9-16-5-6-18-2)8-10-7-11(15)3-4-12(10)14/h3-4,7,16-17H,5-6,8-9H2,1-2H3.